The Bertz CT molecular complexity index is 546. The minimum Gasteiger partial charge on any atom is -0.494 e. The van der Waals surface area contributed by atoms with Gasteiger partial charge in [-0.15, -0.1) is 0 Å². The molecule has 0 aliphatic carbocycles. The van der Waals surface area contributed by atoms with Crippen LogP contribution in [-0.4, -0.2) is 11.6 Å². The van der Waals surface area contributed by atoms with Gasteiger partial charge < -0.3 is 10.1 Å². The molecule has 3 nitrogen and oxygen atoms in total. The molecule has 1 N–H and O–H groups in total. The van der Waals surface area contributed by atoms with Crippen molar-refractivity contribution in [3.8, 4) is 5.75 Å². The van der Waals surface area contributed by atoms with Crippen LogP contribution in [0.5, 0.6) is 5.75 Å². The lowest BCUT2D eigenvalue weighted by molar-refractivity contribution is 0.317. The minimum atomic E-state index is 0.570. The molecule has 100 valence electrons. The Balaban J connectivity index is 2.06. The number of benzene rings is 1. The van der Waals surface area contributed by atoms with E-state index in [9.17, 15) is 0 Å². The molecule has 0 amide bonds. The van der Waals surface area contributed by atoms with Crippen molar-refractivity contribution in [3.63, 3.8) is 0 Å². The number of rotatable bonds is 5. The third kappa shape index (κ3) is 4.11. The van der Waals surface area contributed by atoms with Crippen molar-refractivity contribution in [3.05, 3.63) is 46.0 Å². The maximum Gasteiger partial charge on any atom is 0.149 e. The van der Waals surface area contributed by atoms with Gasteiger partial charge in [0.1, 0.15) is 11.6 Å². The number of pyridine rings is 1. The standard InChI is InChI=1S/C14H14BrClN2O/c1-2-7-19-12-5-3-11(4-6-12)18-14-13(16)8-10(15)9-17-14/h3-6,8-9H,2,7H2,1H3,(H,17,18). The zero-order valence-corrected chi connectivity index (χ0v) is 12.8. The van der Waals surface area contributed by atoms with Gasteiger partial charge in [-0.25, -0.2) is 4.98 Å². The Hall–Kier alpha value is -1.26. The summed E-state index contributed by atoms with van der Waals surface area (Å²) in [6.07, 6.45) is 2.70. The summed E-state index contributed by atoms with van der Waals surface area (Å²) >= 11 is 9.42. The van der Waals surface area contributed by atoms with E-state index < -0.39 is 0 Å². The Kier molecular flexibility index (Phi) is 5.05. The summed E-state index contributed by atoms with van der Waals surface area (Å²) in [6, 6.07) is 9.52. The maximum atomic E-state index is 6.10. The summed E-state index contributed by atoms with van der Waals surface area (Å²) in [4.78, 5) is 4.22. The maximum absolute atomic E-state index is 6.10. The molecule has 0 spiro atoms. The van der Waals surface area contributed by atoms with Crippen LogP contribution in [0.15, 0.2) is 41.0 Å². The Morgan fingerprint density at radius 2 is 2.05 bits per heavy atom. The van der Waals surface area contributed by atoms with E-state index in [0.717, 1.165) is 28.9 Å². The predicted molar refractivity (Wildman–Crippen MR) is 82.5 cm³/mol. The van der Waals surface area contributed by atoms with Crippen molar-refractivity contribution >= 4 is 39.0 Å². The lowest BCUT2D eigenvalue weighted by Gasteiger charge is -2.09. The summed E-state index contributed by atoms with van der Waals surface area (Å²) in [5, 5.41) is 3.73. The first-order valence-electron chi connectivity index (χ1n) is 6.00. The van der Waals surface area contributed by atoms with Crippen LogP contribution in [0.2, 0.25) is 5.02 Å². The first-order valence-corrected chi connectivity index (χ1v) is 7.17. The molecule has 0 fully saturated rings. The van der Waals surface area contributed by atoms with Crippen LogP contribution in [0.25, 0.3) is 0 Å². The lowest BCUT2D eigenvalue weighted by atomic mass is 10.3. The molecule has 0 aliphatic heterocycles. The van der Waals surface area contributed by atoms with E-state index in [0.29, 0.717) is 10.8 Å². The average Bonchev–Trinajstić information content (AvgIpc) is 2.41. The highest BCUT2D eigenvalue weighted by Gasteiger charge is 2.03. The van der Waals surface area contributed by atoms with Crippen molar-refractivity contribution in [2.24, 2.45) is 0 Å². The van der Waals surface area contributed by atoms with Crippen LogP contribution in [0.3, 0.4) is 0 Å². The van der Waals surface area contributed by atoms with E-state index in [1.165, 1.54) is 0 Å². The quantitative estimate of drug-likeness (QED) is 0.828. The number of nitrogens with zero attached hydrogens (tertiary/aromatic N) is 1. The van der Waals surface area contributed by atoms with Crippen LogP contribution in [0.1, 0.15) is 13.3 Å². The van der Waals surface area contributed by atoms with Gasteiger partial charge in [-0.1, -0.05) is 18.5 Å². The van der Waals surface area contributed by atoms with Gasteiger partial charge in [0, 0.05) is 16.4 Å². The molecular formula is C14H14BrClN2O. The third-order valence-electron chi connectivity index (χ3n) is 2.40. The molecule has 1 aromatic heterocycles. The van der Waals surface area contributed by atoms with Gasteiger partial charge >= 0.3 is 0 Å². The molecule has 0 radical (unpaired) electrons. The summed E-state index contributed by atoms with van der Waals surface area (Å²) < 4.78 is 6.38. The van der Waals surface area contributed by atoms with Crippen molar-refractivity contribution in [1.29, 1.82) is 0 Å². The molecule has 0 atom stereocenters. The van der Waals surface area contributed by atoms with Crippen molar-refractivity contribution in [2.75, 3.05) is 11.9 Å². The molecule has 1 aromatic carbocycles. The highest BCUT2D eigenvalue weighted by atomic mass is 79.9. The second-order valence-corrected chi connectivity index (χ2v) is 5.30. The zero-order valence-electron chi connectivity index (χ0n) is 10.5. The lowest BCUT2D eigenvalue weighted by Crippen LogP contribution is -1.96. The zero-order chi connectivity index (χ0) is 13.7. The third-order valence-corrected chi connectivity index (χ3v) is 3.12. The second kappa shape index (κ2) is 6.78. The van der Waals surface area contributed by atoms with Gasteiger partial charge in [0.2, 0.25) is 0 Å². The van der Waals surface area contributed by atoms with E-state index in [2.05, 4.69) is 33.2 Å². The van der Waals surface area contributed by atoms with Crippen LogP contribution in [0, 0.1) is 0 Å². The minimum absolute atomic E-state index is 0.570. The number of halogens is 2. The molecule has 0 unspecified atom stereocenters. The van der Waals surface area contributed by atoms with Crippen LogP contribution in [-0.2, 0) is 0 Å². The van der Waals surface area contributed by atoms with Gasteiger partial charge in [0.25, 0.3) is 0 Å². The van der Waals surface area contributed by atoms with Crippen molar-refractivity contribution in [1.82, 2.24) is 4.98 Å². The van der Waals surface area contributed by atoms with E-state index in [4.69, 9.17) is 16.3 Å². The van der Waals surface area contributed by atoms with Gasteiger partial charge in [0.15, 0.2) is 0 Å². The number of hydrogen-bond acceptors (Lipinski definition) is 3. The molecule has 0 saturated heterocycles. The van der Waals surface area contributed by atoms with Gasteiger partial charge in [-0.3, -0.25) is 0 Å². The number of aromatic nitrogens is 1. The van der Waals surface area contributed by atoms with Crippen LogP contribution in [0.4, 0.5) is 11.5 Å². The fraction of sp³-hybridized carbons (Fsp3) is 0.214. The molecule has 0 bridgehead atoms. The van der Waals surface area contributed by atoms with Crippen LogP contribution >= 0.6 is 27.5 Å². The number of anilines is 2. The first-order chi connectivity index (χ1) is 9.19. The fourth-order valence-corrected chi connectivity index (χ4v) is 2.17. The van der Waals surface area contributed by atoms with Gasteiger partial charge in [-0.05, 0) is 52.7 Å². The summed E-state index contributed by atoms with van der Waals surface area (Å²) in [5.41, 5.74) is 0.917. The largest absolute Gasteiger partial charge is 0.494 e. The van der Waals surface area contributed by atoms with Crippen LogP contribution < -0.4 is 10.1 Å². The summed E-state index contributed by atoms with van der Waals surface area (Å²) in [6.45, 7) is 2.81. The van der Waals surface area contributed by atoms with E-state index in [1.54, 1.807) is 12.3 Å². The first kappa shape index (κ1) is 14.2. The number of nitrogens with one attached hydrogen (secondary N) is 1. The summed E-state index contributed by atoms with van der Waals surface area (Å²) in [7, 11) is 0. The normalized spacial score (nSPS) is 10.3. The predicted octanol–water partition coefficient (Wildman–Crippen LogP) is 5.03. The molecule has 0 saturated carbocycles. The topological polar surface area (TPSA) is 34.1 Å². The SMILES string of the molecule is CCCOc1ccc(Nc2ncc(Br)cc2Cl)cc1. The Morgan fingerprint density at radius 1 is 1.32 bits per heavy atom. The molecule has 1 heterocycles. The molecule has 2 aromatic rings. The van der Waals surface area contributed by atoms with Crippen molar-refractivity contribution < 1.29 is 4.74 Å². The summed E-state index contributed by atoms with van der Waals surface area (Å²) in [5.74, 6) is 1.49. The van der Waals surface area contributed by atoms with Gasteiger partial charge in [0.05, 0.1) is 11.6 Å². The number of hydrogen-bond donors (Lipinski definition) is 1. The molecule has 5 heteroatoms. The van der Waals surface area contributed by atoms with Crippen molar-refractivity contribution in [2.45, 2.75) is 13.3 Å². The van der Waals surface area contributed by atoms with Gasteiger partial charge in [-0.2, -0.15) is 0 Å². The Morgan fingerprint density at radius 3 is 2.68 bits per heavy atom. The highest BCUT2D eigenvalue weighted by molar-refractivity contribution is 9.10. The smallest absolute Gasteiger partial charge is 0.149 e. The fourth-order valence-electron chi connectivity index (χ4n) is 1.50. The molecule has 0 aliphatic rings. The Labute approximate surface area is 126 Å². The average molecular weight is 342 g/mol. The van der Waals surface area contributed by atoms with E-state index in [-0.39, 0.29) is 0 Å². The van der Waals surface area contributed by atoms with E-state index >= 15 is 0 Å². The number of ether oxygens (including phenoxy) is 1. The second-order valence-electron chi connectivity index (χ2n) is 3.98. The van der Waals surface area contributed by atoms with E-state index in [1.807, 2.05) is 24.3 Å². The highest BCUT2D eigenvalue weighted by Crippen LogP contribution is 2.26. The molecular weight excluding hydrogens is 328 g/mol. The molecule has 2 rings (SSSR count). The monoisotopic (exact) mass is 340 g/mol. The molecule has 19 heavy (non-hydrogen) atoms.